The van der Waals surface area contributed by atoms with Gasteiger partial charge in [0.15, 0.2) is 17.4 Å². The smallest absolute Gasteiger partial charge is 0.194 e. The number of rotatable bonds is 1. The van der Waals surface area contributed by atoms with Crippen LogP contribution < -0.4 is 0 Å². The van der Waals surface area contributed by atoms with Crippen molar-refractivity contribution in [2.75, 3.05) is 0 Å². The van der Waals surface area contributed by atoms with Crippen LogP contribution in [0.5, 0.6) is 0 Å². The van der Waals surface area contributed by atoms with Crippen LogP contribution in [-0.2, 0) is 0 Å². The molecule has 0 bridgehead atoms. The lowest BCUT2D eigenvalue weighted by Crippen LogP contribution is -1.97. The van der Waals surface area contributed by atoms with Crippen molar-refractivity contribution in [2.24, 2.45) is 0 Å². The van der Waals surface area contributed by atoms with Crippen LogP contribution >= 0.6 is 43.6 Å². The minimum absolute atomic E-state index is 0.00448. The van der Waals surface area contributed by atoms with Gasteiger partial charge in [0.1, 0.15) is 28.7 Å². The average molecular weight is 534 g/mol. The number of carbonyl (C=O) groups is 1. The lowest BCUT2D eigenvalue weighted by atomic mass is 9.98. The predicted octanol–water partition coefficient (Wildman–Crippen LogP) is 5.58. The molecule has 1 aliphatic carbocycles. The van der Waals surface area contributed by atoms with Crippen LogP contribution in [0, 0.1) is 34.3 Å². The van der Waals surface area contributed by atoms with Gasteiger partial charge in [-0.15, -0.1) is 0 Å². The van der Waals surface area contributed by atoms with Crippen LogP contribution in [0.4, 0.5) is 8.78 Å². The Balaban J connectivity index is 2.05. The molecule has 0 unspecified atom stereocenters. The van der Waals surface area contributed by atoms with Crippen molar-refractivity contribution in [3.8, 4) is 12.1 Å². The molecule has 3 aromatic rings. The van der Waals surface area contributed by atoms with E-state index in [2.05, 4.69) is 40.6 Å². The van der Waals surface area contributed by atoms with Crippen LogP contribution in [-0.4, -0.2) is 14.5 Å². The Labute approximate surface area is 183 Å². The third kappa shape index (κ3) is 3.01. The van der Waals surface area contributed by atoms with Crippen molar-refractivity contribution in [2.45, 2.75) is 0 Å². The van der Waals surface area contributed by atoms with E-state index in [9.17, 15) is 24.1 Å². The Bertz CT molecular complexity index is 1380. The van der Waals surface area contributed by atoms with Crippen molar-refractivity contribution >= 4 is 72.1 Å². The summed E-state index contributed by atoms with van der Waals surface area (Å²) in [4.78, 5) is 13.0. The Morgan fingerprint density at radius 2 is 1.66 bits per heavy atom. The lowest BCUT2D eigenvalue weighted by molar-refractivity contribution is 0.104. The van der Waals surface area contributed by atoms with Crippen LogP contribution in [0.15, 0.2) is 38.3 Å². The monoisotopic (exact) mass is 532 g/mol. The molecule has 0 amide bonds. The normalized spacial score (nSPS) is 14.2. The van der Waals surface area contributed by atoms with Crippen LogP contribution in [0.2, 0.25) is 0 Å². The van der Waals surface area contributed by atoms with Crippen LogP contribution in [0.25, 0.3) is 22.7 Å². The van der Waals surface area contributed by atoms with Gasteiger partial charge in [-0.25, -0.2) is 8.78 Å². The zero-order chi connectivity index (χ0) is 20.9. The number of hydrogen-bond acceptors (Lipinski definition) is 6. The summed E-state index contributed by atoms with van der Waals surface area (Å²) < 4.78 is 37.1. The molecule has 140 valence electrons. The van der Waals surface area contributed by atoms with Gasteiger partial charge in [0.25, 0.3) is 0 Å². The molecule has 0 spiro atoms. The van der Waals surface area contributed by atoms with E-state index >= 15 is 0 Å². The number of fused-ring (bicyclic) bond motifs is 2. The number of hydrogen-bond donors (Lipinski definition) is 0. The van der Waals surface area contributed by atoms with Crippen molar-refractivity contribution in [1.29, 1.82) is 10.5 Å². The predicted molar refractivity (Wildman–Crippen MR) is 110 cm³/mol. The third-order valence-corrected chi connectivity index (χ3v) is 6.29. The van der Waals surface area contributed by atoms with E-state index in [1.807, 2.05) is 0 Å². The standard InChI is InChI=1S/C19H4Br2F2N4OS/c20-12-2-7(16(21)18-17(12)26-29-27-18)1-11-15(8(5-24)6-25)9-3-13(22)14(23)4-10(9)19(11)28/h1-4H/b11-1-. The summed E-state index contributed by atoms with van der Waals surface area (Å²) in [5.41, 5.74) is 1.17. The first-order valence-electron chi connectivity index (χ1n) is 7.78. The maximum absolute atomic E-state index is 13.8. The van der Waals surface area contributed by atoms with Gasteiger partial charge in [-0.05, 0) is 67.3 Å². The number of aromatic nitrogens is 2. The minimum Gasteiger partial charge on any atom is -0.289 e. The minimum atomic E-state index is -1.19. The molecule has 2 aromatic carbocycles. The number of halogens is 4. The highest BCUT2D eigenvalue weighted by Gasteiger charge is 2.34. The summed E-state index contributed by atoms with van der Waals surface area (Å²) in [7, 11) is 0. The quantitative estimate of drug-likeness (QED) is 0.301. The summed E-state index contributed by atoms with van der Waals surface area (Å²) in [5, 5.41) is 18.7. The van der Waals surface area contributed by atoms with Gasteiger partial charge in [0, 0.05) is 21.2 Å². The Morgan fingerprint density at radius 3 is 2.31 bits per heavy atom. The molecule has 0 atom stereocenters. The number of nitrogens with zero attached hydrogens (tertiary/aromatic N) is 4. The fraction of sp³-hybridized carbons (Fsp3) is 0. The summed E-state index contributed by atoms with van der Waals surface area (Å²) in [6, 6.07) is 6.74. The molecule has 0 N–H and O–H groups in total. The molecule has 0 radical (unpaired) electrons. The number of benzene rings is 2. The number of Topliss-reactive ketones (excluding diaryl/α,β-unsaturated/α-hetero) is 1. The first-order valence-corrected chi connectivity index (χ1v) is 10.1. The molecule has 1 aliphatic rings. The van der Waals surface area contributed by atoms with Crippen LogP contribution in [0.1, 0.15) is 21.5 Å². The summed E-state index contributed by atoms with van der Waals surface area (Å²) in [6.07, 6.45) is 1.45. The topological polar surface area (TPSA) is 90.4 Å². The zero-order valence-corrected chi connectivity index (χ0v) is 17.9. The molecular weight excluding hydrogens is 530 g/mol. The molecule has 1 heterocycles. The molecule has 0 aliphatic heterocycles. The van der Waals surface area contributed by atoms with E-state index in [0.717, 1.165) is 23.9 Å². The highest BCUT2D eigenvalue weighted by Crippen LogP contribution is 2.42. The molecule has 4 rings (SSSR count). The summed E-state index contributed by atoms with van der Waals surface area (Å²) >= 11 is 7.84. The van der Waals surface area contributed by atoms with Gasteiger partial charge in [-0.3, -0.25) is 4.79 Å². The second-order valence-corrected chi connectivity index (χ2v) is 8.07. The number of allylic oxidation sites excluding steroid dienone is 3. The van der Waals surface area contributed by atoms with E-state index < -0.39 is 17.4 Å². The Hall–Kier alpha value is -2.79. The van der Waals surface area contributed by atoms with Gasteiger partial charge in [-0.2, -0.15) is 19.3 Å². The number of nitriles is 2. The van der Waals surface area contributed by atoms with E-state index in [1.165, 1.54) is 6.08 Å². The van der Waals surface area contributed by atoms with E-state index in [1.54, 1.807) is 18.2 Å². The molecule has 0 saturated heterocycles. The van der Waals surface area contributed by atoms with Gasteiger partial charge < -0.3 is 0 Å². The van der Waals surface area contributed by atoms with E-state index in [0.29, 0.717) is 25.5 Å². The fourth-order valence-electron chi connectivity index (χ4n) is 3.04. The van der Waals surface area contributed by atoms with Crippen molar-refractivity contribution in [3.63, 3.8) is 0 Å². The van der Waals surface area contributed by atoms with E-state index in [4.69, 9.17) is 0 Å². The van der Waals surface area contributed by atoms with Gasteiger partial charge >= 0.3 is 0 Å². The van der Waals surface area contributed by atoms with Crippen LogP contribution in [0.3, 0.4) is 0 Å². The van der Waals surface area contributed by atoms with Crippen molar-refractivity contribution in [1.82, 2.24) is 8.75 Å². The average Bonchev–Trinajstić information content (AvgIpc) is 3.28. The number of carbonyl (C=O) groups excluding carboxylic acids is 1. The second kappa shape index (κ2) is 7.23. The van der Waals surface area contributed by atoms with Crippen molar-refractivity contribution in [3.05, 3.63) is 66.6 Å². The SMILES string of the molecule is N#CC(C#N)=C1/C(=C/c2cc(Br)c3nsnc3c2Br)C(=O)c2cc(F)c(F)cc21. The Morgan fingerprint density at radius 1 is 1.03 bits per heavy atom. The largest absolute Gasteiger partial charge is 0.289 e. The molecule has 10 heteroatoms. The summed E-state index contributed by atoms with van der Waals surface area (Å²) in [6.45, 7) is 0. The van der Waals surface area contributed by atoms with Crippen molar-refractivity contribution < 1.29 is 13.6 Å². The first kappa shape index (κ1) is 19.5. The lowest BCUT2D eigenvalue weighted by Gasteiger charge is -2.05. The van der Waals surface area contributed by atoms with Gasteiger partial charge in [0.2, 0.25) is 0 Å². The fourth-order valence-corrected chi connectivity index (χ4v) is 4.87. The maximum atomic E-state index is 13.8. The highest BCUT2D eigenvalue weighted by atomic mass is 79.9. The second-order valence-electron chi connectivity index (χ2n) is 5.90. The van der Waals surface area contributed by atoms with Gasteiger partial charge in [-0.1, -0.05) is 0 Å². The third-order valence-electron chi connectivity index (χ3n) is 4.32. The van der Waals surface area contributed by atoms with E-state index in [-0.39, 0.29) is 27.8 Å². The molecule has 1 aromatic heterocycles. The Kier molecular flexibility index (Phi) is 4.87. The molecule has 0 fully saturated rings. The molecule has 5 nitrogen and oxygen atoms in total. The zero-order valence-electron chi connectivity index (χ0n) is 13.9. The summed E-state index contributed by atoms with van der Waals surface area (Å²) in [5.74, 6) is -2.98. The first-order chi connectivity index (χ1) is 13.9. The number of ketones is 1. The van der Waals surface area contributed by atoms with Gasteiger partial charge in [0.05, 0.1) is 16.2 Å². The molecular formula is C19H4Br2F2N4OS. The molecule has 29 heavy (non-hydrogen) atoms. The maximum Gasteiger partial charge on any atom is 0.194 e. The highest BCUT2D eigenvalue weighted by molar-refractivity contribution is 9.11. The molecule has 0 saturated carbocycles.